The Morgan fingerprint density at radius 1 is 1.28 bits per heavy atom. The largest absolute Gasteiger partial charge is 0.377 e. The molecule has 2 aromatic heterocycles. The number of hydrogen-bond acceptors (Lipinski definition) is 5. The lowest BCUT2D eigenvalue weighted by molar-refractivity contribution is 0.176. The minimum absolute atomic E-state index is 0.394. The van der Waals surface area contributed by atoms with Crippen LogP contribution < -0.4 is 0 Å². The van der Waals surface area contributed by atoms with Crippen LogP contribution >= 0.6 is 22.9 Å². The predicted octanol–water partition coefficient (Wildman–Crippen LogP) is 2.65. The van der Waals surface area contributed by atoms with E-state index in [-0.39, 0.29) is 0 Å². The van der Waals surface area contributed by atoms with Gasteiger partial charge < -0.3 is 4.74 Å². The summed E-state index contributed by atoms with van der Waals surface area (Å²) < 4.78 is 6.76. The van der Waals surface area contributed by atoms with Crippen LogP contribution in [0.3, 0.4) is 0 Å². The van der Waals surface area contributed by atoms with Crippen molar-refractivity contribution in [2.75, 3.05) is 7.11 Å². The van der Waals surface area contributed by atoms with Crippen LogP contribution in [0.1, 0.15) is 5.82 Å². The first-order chi connectivity index (χ1) is 8.78. The molecule has 3 rings (SSSR count). The Hall–Kier alpha value is -1.50. The van der Waals surface area contributed by atoms with Gasteiger partial charge in [0.1, 0.15) is 11.6 Å². The van der Waals surface area contributed by atoms with Crippen LogP contribution in [0.2, 0.25) is 5.02 Å². The lowest BCUT2D eigenvalue weighted by atomic mass is 10.2. The number of nitrogens with zero attached hydrogens (tertiary/aromatic N) is 4. The highest BCUT2D eigenvalue weighted by Crippen LogP contribution is 2.26. The molecule has 0 aliphatic heterocycles. The third-order valence-corrected chi connectivity index (χ3v) is 3.62. The number of rotatable bonds is 3. The van der Waals surface area contributed by atoms with E-state index in [2.05, 4.69) is 15.3 Å². The minimum atomic E-state index is 0.394. The summed E-state index contributed by atoms with van der Waals surface area (Å²) in [5.41, 5.74) is 1.01. The lowest BCUT2D eigenvalue weighted by Crippen LogP contribution is -1.97. The van der Waals surface area contributed by atoms with Crippen molar-refractivity contribution in [1.82, 2.24) is 19.8 Å². The Kier molecular flexibility index (Phi) is 2.99. The number of ether oxygens (including phenoxy) is 1. The predicted molar refractivity (Wildman–Crippen MR) is 69.8 cm³/mol. The maximum absolute atomic E-state index is 5.86. The van der Waals surface area contributed by atoms with Crippen molar-refractivity contribution in [2.24, 2.45) is 0 Å². The number of methoxy groups -OCH3 is 1. The Balaban J connectivity index is 2.05. The normalized spacial score (nSPS) is 11.2. The van der Waals surface area contributed by atoms with Crippen LogP contribution in [0.15, 0.2) is 24.3 Å². The molecule has 0 bridgehead atoms. The first-order valence-electron chi connectivity index (χ1n) is 5.24. The van der Waals surface area contributed by atoms with E-state index >= 15 is 0 Å². The van der Waals surface area contributed by atoms with Gasteiger partial charge in [0.2, 0.25) is 4.96 Å². The lowest BCUT2D eigenvalue weighted by Gasteiger charge is -1.95. The molecule has 0 unspecified atom stereocenters. The summed E-state index contributed by atoms with van der Waals surface area (Å²) in [6.45, 7) is 0.394. The molecule has 0 fully saturated rings. The molecule has 0 radical (unpaired) electrons. The van der Waals surface area contributed by atoms with Crippen LogP contribution in [-0.4, -0.2) is 26.9 Å². The molecule has 92 valence electrons. The maximum atomic E-state index is 5.86. The number of hydrogen-bond donors (Lipinski definition) is 0. The van der Waals surface area contributed by atoms with E-state index in [9.17, 15) is 0 Å². The van der Waals surface area contributed by atoms with Crippen molar-refractivity contribution in [3.8, 4) is 10.6 Å². The van der Waals surface area contributed by atoms with E-state index in [0.29, 0.717) is 17.5 Å². The quantitative estimate of drug-likeness (QED) is 0.740. The molecule has 0 amide bonds. The third-order valence-electron chi connectivity index (χ3n) is 2.42. The molecule has 7 heteroatoms. The average molecular weight is 281 g/mol. The van der Waals surface area contributed by atoms with Crippen molar-refractivity contribution in [3.63, 3.8) is 0 Å². The zero-order chi connectivity index (χ0) is 12.5. The molecule has 0 atom stereocenters. The smallest absolute Gasteiger partial charge is 0.235 e. The van der Waals surface area contributed by atoms with Crippen molar-refractivity contribution < 1.29 is 4.74 Å². The van der Waals surface area contributed by atoms with Gasteiger partial charge in [-0.2, -0.15) is 9.61 Å². The molecular formula is C11H9ClN4OS. The third kappa shape index (κ3) is 1.98. The minimum Gasteiger partial charge on any atom is -0.377 e. The highest BCUT2D eigenvalue weighted by atomic mass is 35.5. The Bertz CT molecular complexity index is 676. The summed E-state index contributed by atoms with van der Waals surface area (Å²) in [5, 5.41) is 14.1. The van der Waals surface area contributed by atoms with Gasteiger partial charge in [-0.3, -0.25) is 0 Å². The number of aromatic nitrogens is 4. The van der Waals surface area contributed by atoms with E-state index in [4.69, 9.17) is 16.3 Å². The zero-order valence-electron chi connectivity index (χ0n) is 9.50. The summed E-state index contributed by atoms with van der Waals surface area (Å²) >= 11 is 7.34. The van der Waals surface area contributed by atoms with Crippen LogP contribution in [0.5, 0.6) is 0 Å². The number of benzene rings is 1. The fourth-order valence-corrected chi connectivity index (χ4v) is 2.58. The molecule has 18 heavy (non-hydrogen) atoms. The Labute approximate surface area is 112 Å². The first kappa shape index (κ1) is 11.6. The maximum Gasteiger partial charge on any atom is 0.235 e. The number of fused-ring (bicyclic) bond motifs is 1. The van der Waals surface area contributed by atoms with E-state index in [1.807, 2.05) is 24.3 Å². The van der Waals surface area contributed by atoms with Crippen molar-refractivity contribution in [3.05, 3.63) is 35.1 Å². The highest BCUT2D eigenvalue weighted by Gasteiger charge is 2.12. The van der Waals surface area contributed by atoms with Crippen molar-refractivity contribution >= 4 is 27.9 Å². The van der Waals surface area contributed by atoms with Crippen molar-refractivity contribution in [2.45, 2.75) is 6.61 Å². The summed E-state index contributed by atoms with van der Waals surface area (Å²) in [5.74, 6) is 0.698. The van der Waals surface area contributed by atoms with Gasteiger partial charge in [-0.05, 0) is 12.1 Å². The van der Waals surface area contributed by atoms with Crippen LogP contribution in [0, 0.1) is 0 Å². The summed E-state index contributed by atoms with van der Waals surface area (Å²) in [6, 6.07) is 7.55. The molecular weight excluding hydrogens is 272 g/mol. The van der Waals surface area contributed by atoms with Crippen LogP contribution in [0.25, 0.3) is 15.5 Å². The Morgan fingerprint density at radius 2 is 2.06 bits per heavy atom. The topological polar surface area (TPSA) is 52.3 Å². The molecule has 0 aliphatic carbocycles. The second-order valence-electron chi connectivity index (χ2n) is 3.66. The molecule has 0 aliphatic rings. The second-order valence-corrected chi connectivity index (χ2v) is 5.05. The molecule has 2 heterocycles. The summed E-state index contributed by atoms with van der Waals surface area (Å²) in [4.78, 5) is 0.756. The summed E-state index contributed by atoms with van der Waals surface area (Å²) in [7, 11) is 1.62. The monoisotopic (exact) mass is 280 g/mol. The van der Waals surface area contributed by atoms with Gasteiger partial charge in [-0.1, -0.05) is 35.1 Å². The van der Waals surface area contributed by atoms with E-state index in [1.54, 1.807) is 11.6 Å². The first-order valence-corrected chi connectivity index (χ1v) is 6.43. The highest BCUT2D eigenvalue weighted by molar-refractivity contribution is 7.19. The van der Waals surface area contributed by atoms with Gasteiger partial charge in [0.15, 0.2) is 5.82 Å². The second kappa shape index (κ2) is 4.64. The molecule has 0 saturated heterocycles. The van der Waals surface area contributed by atoms with Gasteiger partial charge in [-0.15, -0.1) is 10.2 Å². The van der Waals surface area contributed by atoms with E-state index in [1.165, 1.54) is 11.3 Å². The van der Waals surface area contributed by atoms with Gasteiger partial charge in [-0.25, -0.2) is 0 Å². The van der Waals surface area contributed by atoms with Gasteiger partial charge in [0.25, 0.3) is 0 Å². The molecule has 0 spiro atoms. The molecule has 1 aromatic carbocycles. The summed E-state index contributed by atoms with van der Waals surface area (Å²) in [6.07, 6.45) is 0. The molecule has 0 saturated carbocycles. The van der Waals surface area contributed by atoms with E-state index in [0.717, 1.165) is 15.5 Å². The van der Waals surface area contributed by atoms with Crippen LogP contribution in [-0.2, 0) is 11.3 Å². The molecule has 5 nitrogen and oxygen atoms in total. The van der Waals surface area contributed by atoms with Crippen molar-refractivity contribution in [1.29, 1.82) is 0 Å². The van der Waals surface area contributed by atoms with Gasteiger partial charge >= 0.3 is 0 Å². The fraction of sp³-hybridized carbons (Fsp3) is 0.182. The van der Waals surface area contributed by atoms with Gasteiger partial charge in [0, 0.05) is 17.7 Å². The van der Waals surface area contributed by atoms with E-state index < -0.39 is 0 Å². The van der Waals surface area contributed by atoms with Crippen LogP contribution in [0.4, 0.5) is 0 Å². The molecule has 0 N–H and O–H groups in total. The Morgan fingerprint density at radius 3 is 2.78 bits per heavy atom. The fourth-order valence-electron chi connectivity index (χ4n) is 1.59. The average Bonchev–Trinajstić information content (AvgIpc) is 2.93. The SMILES string of the molecule is COCc1nnc2sc(-c3ccc(Cl)cc3)nn12. The zero-order valence-corrected chi connectivity index (χ0v) is 11.1. The van der Waals surface area contributed by atoms with Gasteiger partial charge in [0.05, 0.1) is 0 Å². The number of halogens is 1. The molecule has 3 aromatic rings. The standard InChI is InChI=1S/C11H9ClN4OS/c1-17-6-9-13-14-11-16(9)15-10(18-11)7-2-4-8(12)5-3-7/h2-5H,6H2,1H3.